The van der Waals surface area contributed by atoms with Crippen molar-refractivity contribution in [3.8, 4) is 0 Å². The van der Waals surface area contributed by atoms with Gasteiger partial charge in [0.1, 0.15) is 0 Å². The summed E-state index contributed by atoms with van der Waals surface area (Å²) in [5, 5.41) is 3.59. The van der Waals surface area contributed by atoms with Crippen LogP contribution in [0.2, 0.25) is 0 Å². The van der Waals surface area contributed by atoms with Crippen molar-refractivity contribution in [1.82, 2.24) is 10.2 Å². The van der Waals surface area contributed by atoms with Crippen LogP contribution in [0.1, 0.15) is 51.9 Å². The van der Waals surface area contributed by atoms with Gasteiger partial charge in [0, 0.05) is 24.5 Å². The van der Waals surface area contributed by atoms with Gasteiger partial charge in [-0.25, -0.2) is 0 Å². The molecule has 2 aliphatic heterocycles. The maximum Gasteiger partial charge on any atom is 0.228 e. The lowest BCUT2D eigenvalue weighted by Gasteiger charge is -2.35. The van der Waals surface area contributed by atoms with Crippen molar-refractivity contribution in [1.29, 1.82) is 0 Å². The molecule has 0 aromatic carbocycles. The van der Waals surface area contributed by atoms with Crippen molar-refractivity contribution >= 4 is 5.91 Å². The third kappa shape index (κ3) is 2.18. The number of hydrogen-bond acceptors (Lipinski definition) is 2. The molecule has 0 bridgehead atoms. The highest BCUT2D eigenvalue weighted by Gasteiger charge is 2.43. The fourth-order valence-corrected chi connectivity index (χ4v) is 4.14. The van der Waals surface area contributed by atoms with Gasteiger partial charge in [0.15, 0.2) is 0 Å². The average Bonchev–Trinajstić information content (AvgIpc) is 2.82. The molecule has 3 rings (SSSR count). The molecule has 3 heteroatoms. The molecule has 1 N–H and O–H groups in total. The van der Waals surface area contributed by atoms with Gasteiger partial charge in [0.05, 0.1) is 0 Å². The number of amides is 1. The van der Waals surface area contributed by atoms with Crippen LogP contribution in [0.4, 0.5) is 0 Å². The van der Waals surface area contributed by atoms with E-state index in [0.29, 0.717) is 11.9 Å². The summed E-state index contributed by atoms with van der Waals surface area (Å²) in [6.45, 7) is 5.30. The van der Waals surface area contributed by atoms with E-state index in [-0.39, 0.29) is 5.41 Å². The second-order valence-corrected chi connectivity index (χ2v) is 6.79. The van der Waals surface area contributed by atoms with Crippen molar-refractivity contribution in [3.63, 3.8) is 0 Å². The minimum absolute atomic E-state index is 0.0499. The first-order chi connectivity index (χ1) is 8.69. The number of carbonyl (C=O) groups excluding carboxylic acids is 1. The topological polar surface area (TPSA) is 32.3 Å². The molecule has 1 amide bonds. The van der Waals surface area contributed by atoms with Gasteiger partial charge in [-0.05, 0) is 38.1 Å². The number of carbonyl (C=O) groups is 1. The van der Waals surface area contributed by atoms with Crippen LogP contribution in [0.15, 0.2) is 0 Å². The van der Waals surface area contributed by atoms with Gasteiger partial charge in [-0.1, -0.05) is 26.2 Å². The first kappa shape index (κ1) is 12.5. The van der Waals surface area contributed by atoms with E-state index in [0.717, 1.165) is 38.4 Å². The first-order valence-electron chi connectivity index (χ1n) is 7.72. The van der Waals surface area contributed by atoms with Gasteiger partial charge < -0.3 is 10.2 Å². The molecule has 0 spiro atoms. The Labute approximate surface area is 110 Å². The molecule has 18 heavy (non-hydrogen) atoms. The summed E-state index contributed by atoms with van der Waals surface area (Å²) >= 11 is 0. The van der Waals surface area contributed by atoms with Gasteiger partial charge in [0.2, 0.25) is 5.91 Å². The lowest BCUT2D eigenvalue weighted by atomic mass is 9.74. The lowest BCUT2D eigenvalue weighted by molar-refractivity contribution is -0.142. The summed E-state index contributed by atoms with van der Waals surface area (Å²) < 4.78 is 0. The largest absolute Gasteiger partial charge is 0.340 e. The van der Waals surface area contributed by atoms with E-state index in [1.807, 2.05) is 0 Å². The molecule has 0 radical (unpaired) electrons. The maximum absolute atomic E-state index is 12.8. The molecular weight excluding hydrogens is 224 g/mol. The molecule has 1 aliphatic carbocycles. The molecule has 3 fully saturated rings. The Hall–Kier alpha value is -0.570. The molecule has 3 aliphatic rings. The van der Waals surface area contributed by atoms with Crippen LogP contribution in [0.3, 0.4) is 0 Å². The van der Waals surface area contributed by atoms with E-state index in [9.17, 15) is 4.79 Å². The third-order valence-corrected chi connectivity index (χ3v) is 5.36. The molecule has 2 saturated heterocycles. The highest BCUT2D eigenvalue weighted by molar-refractivity contribution is 5.82. The van der Waals surface area contributed by atoms with Crippen molar-refractivity contribution in [2.24, 2.45) is 11.3 Å². The van der Waals surface area contributed by atoms with Crippen LogP contribution >= 0.6 is 0 Å². The van der Waals surface area contributed by atoms with Crippen LogP contribution in [-0.4, -0.2) is 36.5 Å². The van der Waals surface area contributed by atoms with Gasteiger partial charge in [0.25, 0.3) is 0 Å². The monoisotopic (exact) mass is 250 g/mol. The van der Waals surface area contributed by atoms with Gasteiger partial charge >= 0.3 is 0 Å². The highest BCUT2D eigenvalue weighted by atomic mass is 16.2. The molecule has 0 unspecified atom stereocenters. The predicted octanol–water partition coefficient (Wildman–Crippen LogP) is 2.17. The second-order valence-electron chi connectivity index (χ2n) is 6.79. The Morgan fingerprint density at radius 3 is 2.67 bits per heavy atom. The van der Waals surface area contributed by atoms with Crippen LogP contribution in [0.25, 0.3) is 0 Å². The van der Waals surface area contributed by atoms with Crippen molar-refractivity contribution < 1.29 is 4.79 Å². The number of nitrogens with zero attached hydrogens (tertiary/aromatic N) is 1. The van der Waals surface area contributed by atoms with Crippen LogP contribution in [-0.2, 0) is 4.79 Å². The van der Waals surface area contributed by atoms with Gasteiger partial charge in [-0.3, -0.25) is 4.79 Å². The van der Waals surface area contributed by atoms with E-state index in [1.165, 1.54) is 32.1 Å². The Kier molecular flexibility index (Phi) is 3.35. The van der Waals surface area contributed by atoms with E-state index in [4.69, 9.17) is 0 Å². The summed E-state index contributed by atoms with van der Waals surface area (Å²) in [6.07, 6.45) is 8.58. The van der Waals surface area contributed by atoms with Gasteiger partial charge in [-0.15, -0.1) is 0 Å². The van der Waals surface area contributed by atoms with Crippen LogP contribution < -0.4 is 5.32 Å². The highest BCUT2D eigenvalue weighted by Crippen LogP contribution is 2.39. The summed E-state index contributed by atoms with van der Waals surface area (Å²) in [6, 6.07) is 0.579. The number of hydrogen-bond donors (Lipinski definition) is 1. The Morgan fingerprint density at radius 2 is 1.94 bits per heavy atom. The van der Waals surface area contributed by atoms with Crippen molar-refractivity contribution in [3.05, 3.63) is 0 Å². The minimum atomic E-state index is -0.0499. The number of piperidine rings is 1. The smallest absolute Gasteiger partial charge is 0.228 e. The van der Waals surface area contributed by atoms with Gasteiger partial charge in [-0.2, -0.15) is 0 Å². The summed E-state index contributed by atoms with van der Waals surface area (Å²) in [7, 11) is 0. The van der Waals surface area contributed by atoms with E-state index in [2.05, 4.69) is 17.1 Å². The average molecular weight is 250 g/mol. The van der Waals surface area contributed by atoms with Crippen molar-refractivity contribution in [2.75, 3.05) is 19.6 Å². The Bertz CT molecular complexity index is 308. The summed E-state index contributed by atoms with van der Waals surface area (Å²) in [5.74, 6) is 1.16. The first-order valence-corrected chi connectivity index (χ1v) is 7.72. The zero-order valence-corrected chi connectivity index (χ0v) is 11.6. The number of nitrogens with one attached hydrogen (secondary N) is 1. The van der Waals surface area contributed by atoms with Crippen molar-refractivity contribution in [2.45, 2.75) is 57.9 Å². The predicted molar refractivity (Wildman–Crippen MR) is 72.3 cm³/mol. The maximum atomic E-state index is 12.8. The minimum Gasteiger partial charge on any atom is -0.340 e. The quantitative estimate of drug-likeness (QED) is 0.773. The summed E-state index contributed by atoms with van der Waals surface area (Å²) in [4.78, 5) is 14.9. The fraction of sp³-hybridized carbons (Fsp3) is 0.933. The number of fused-ring (bicyclic) bond motifs is 1. The van der Waals surface area contributed by atoms with Crippen LogP contribution in [0.5, 0.6) is 0 Å². The third-order valence-electron chi connectivity index (χ3n) is 5.36. The molecule has 3 nitrogen and oxygen atoms in total. The molecule has 2 atom stereocenters. The van der Waals surface area contributed by atoms with E-state index < -0.39 is 0 Å². The standard InChI is InChI=1S/C15H26N2O/c1-15(7-3-2-4-8-15)14(18)17-10-12-6-5-9-16-13(12)11-17/h12-13,16H,2-11H2,1H3/t12-,13+/m0/s1. The fourth-order valence-electron chi connectivity index (χ4n) is 4.14. The molecule has 0 aromatic rings. The Morgan fingerprint density at radius 1 is 1.17 bits per heavy atom. The zero-order chi connectivity index (χ0) is 12.6. The molecular formula is C15H26N2O. The molecule has 102 valence electrons. The van der Waals surface area contributed by atoms with Crippen LogP contribution in [0, 0.1) is 11.3 Å². The molecule has 1 saturated carbocycles. The molecule has 0 aromatic heterocycles. The summed E-state index contributed by atoms with van der Waals surface area (Å²) in [5.41, 5.74) is -0.0499. The SMILES string of the molecule is CC1(C(=O)N2C[C@@H]3CCCN[C@@H]3C2)CCCCC1. The normalized spacial score (nSPS) is 35.3. The zero-order valence-electron chi connectivity index (χ0n) is 11.6. The number of rotatable bonds is 1. The number of likely N-dealkylation sites (tertiary alicyclic amines) is 1. The van der Waals surface area contributed by atoms with E-state index in [1.54, 1.807) is 0 Å². The Balaban J connectivity index is 1.66. The lowest BCUT2D eigenvalue weighted by Crippen LogP contribution is -2.44. The molecule has 2 heterocycles. The second kappa shape index (κ2) is 4.84. The van der Waals surface area contributed by atoms with E-state index >= 15 is 0 Å².